The number of benzene rings is 1. The molecule has 1 aliphatic rings. The zero-order chi connectivity index (χ0) is 14.4. The molecule has 1 aromatic carbocycles. The van der Waals surface area contributed by atoms with Crippen LogP contribution in [0.15, 0.2) is 24.3 Å². The van der Waals surface area contributed by atoms with E-state index in [0.29, 0.717) is 12.3 Å². The van der Waals surface area contributed by atoms with Gasteiger partial charge in [0, 0.05) is 19.6 Å². The summed E-state index contributed by atoms with van der Waals surface area (Å²) in [6.45, 7) is 4.72. The summed E-state index contributed by atoms with van der Waals surface area (Å²) in [4.78, 5) is 14.0. The van der Waals surface area contributed by atoms with Gasteiger partial charge < -0.3 is 10.2 Å². The molecule has 1 fully saturated rings. The van der Waals surface area contributed by atoms with Gasteiger partial charge in [0.15, 0.2) is 0 Å². The second kappa shape index (κ2) is 7.64. The van der Waals surface area contributed by atoms with Crippen LogP contribution < -0.4 is 5.32 Å². The van der Waals surface area contributed by atoms with Crippen molar-refractivity contribution in [3.05, 3.63) is 35.4 Å². The maximum Gasteiger partial charge on any atom is 0.230 e. The zero-order valence-corrected chi connectivity index (χ0v) is 13.4. The molecular formula is C15H20N2OS2. The van der Waals surface area contributed by atoms with E-state index in [1.54, 1.807) is 0 Å². The SMILES string of the molecule is Cc1ccccc1CNC(=O)CSC(=S)N1CCCC1. The minimum absolute atomic E-state index is 0.0415. The second-order valence-corrected chi connectivity index (χ2v) is 6.56. The lowest BCUT2D eigenvalue weighted by Gasteiger charge is -2.17. The maximum atomic E-state index is 11.8. The van der Waals surface area contributed by atoms with Crippen LogP contribution in [0.3, 0.4) is 0 Å². The van der Waals surface area contributed by atoms with E-state index in [0.717, 1.165) is 23.0 Å². The second-order valence-electron chi connectivity index (χ2n) is 4.95. The third-order valence-corrected chi connectivity index (χ3v) is 4.95. The quantitative estimate of drug-likeness (QED) is 0.867. The normalized spacial score (nSPS) is 14.3. The van der Waals surface area contributed by atoms with Crippen molar-refractivity contribution in [3.63, 3.8) is 0 Å². The number of thioether (sulfide) groups is 1. The minimum atomic E-state index is 0.0415. The molecule has 0 radical (unpaired) electrons. The summed E-state index contributed by atoms with van der Waals surface area (Å²) in [5, 5.41) is 2.95. The van der Waals surface area contributed by atoms with E-state index in [2.05, 4.69) is 23.2 Å². The Bertz CT molecular complexity index is 485. The van der Waals surface area contributed by atoms with Gasteiger partial charge in [0.25, 0.3) is 0 Å². The number of hydrogen-bond acceptors (Lipinski definition) is 3. The first kappa shape index (κ1) is 15.3. The highest BCUT2D eigenvalue weighted by Gasteiger charge is 2.16. The number of rotatable bonds is 4. The first-order valence-corrected chi connectivity index (χ1v) is 8.29. The molecule has 1 amide bonds. The van der Waals surface area contributed by atoms with E-state index in [1.165, 1.54) is 30.2 Å². The van der Waals surface area contributed by atoms with Crippen LogP contribution in [0.2, 0.25) is 0 Å². The van der Waals surface area contributed by atoms with Gasteiger partial charge >= 0.3 is 0 Å². The summed E-state index contributed by atoms with van der Waals surface area (Å²) < 4.78 is 0.855. The predicted octanol–water partition coefficient (Wildman–Crippen LogP) is 2.73. The molecule has 0 aromatic heterocycles. The fourth-order valence-electron chi connectivity index (χ4n) is 2.17. The van der Waals surface area contributed by atoms with Crippen LogP contribution in [-0.2, 0) is 11.3 Å². The van der Waals surface area contributed by atoms with Crippen molar-refractivity contribution in [1.29, 1.82) is 0 Å². The summed E-state index contributed by atoms with van der Waals surface area (Å²) in [6.07, 6.45) is 2.42. The largest absolute Gasteiger partial charge is 0.358 e. The molecule has 2 rings (SSSR count). The fourth-order valence-corrected chi connectivity index (χ4v) is 3.25. The Morgan fingerprint density at radius 3 is 2.75 bits per heavy atom. The van der Waals surface area contributed by atoms with Crippen LogP contribution in [0.4, 0.5) is 0 Å². The van der Waals surface area contributed by atoms with E-state index >= 15 is 0 Å². The number of thiocarbonyl (C=S) groups is 1. The maximum absolute atomic E-state index is 11.8. The number of nitrogens with zero attached hydrogens (tertiary/aromatic N) is 1. The van der Waals surface area contributed by atoms with Crippen molar-refractivity contribution in [2.75, 3.05) is 18.8 Å². The molecule has 20 heavy (non-hydrogen) atoms. The molecule has 0 unspecified atom stereocenters. The van der Waals surface area contributed by atoms with Gasteiger partial charge in [0.05, 0.1) is 5.75 Å². The number of carbonyl (C=O) groups excluding carboxylic acids is 1. The summed E-state index contributed by atoms with van der Waals surface area (Å²) in [7, 11) is 0. The van der Waals surface area contributed by atoms with Gasteiger partial charge in [-0.1, -0.05) is 48.2 Å². The molecular weight excluding hydrogens is 288 g/mol. The molecule has 0 bridgehead atoms. The molecule has 0 aliphatic carbocycles. The van der Waals surface area contributed by atoms with Gasteiger partial charge in [-0.05, 0) is 30.9 Å². The first-order valence-electron chi connectivity index (χ1n) is 6.90. The zero-order valence-electron chi connectivity index (χ0n) is 11.7. The molecule has 1 aromatic rings. The lowest BCUT2D eigenvalue weighted by atomic mass is 10.1. The molecule has 1 aliphatic heterocycles. The summed E-state index contributed by atoms with van der Waals surface area (Å²) in [5.41, 5.74) is 2.36. The van der Waals surface area contributed by atoms with E-state index in [9.17, 15) is 4.79 Å². The highest BCUT2D eigenvalue weighted by Crippen LogP contribution is 2.16. The Balaban J connectivity index is 1.70. The third-order valence-electron chi connectivity index (χ3n) is 3.43. The van der Waals surface area contributed by atoms with Crippen LogP contribution in [-0.4, -0.2) is 34.0 Å². The molecule has 0 saturated carbocycles. The smallest absolute Gasteiger partial charge is 0.230 e. The van der Waals surface area contributed by atoms with Crippen molar-refractivity contribution in [1.82, 2.24) is 10.2 Å². The van der Waals surface area contributed by atoms with E-state index in [1.807, 2.05) is 18.2 Å². The van der Waals surface area contributed by atoms with Gasteiger partial charge in [-0.25, -0.2) is 0 Å². The Kier molecular flexibility index (Phi) is 5.86. The minimum Gasteiger partial charge on any atom is -0.358 e. The average molecular weight is 308 g/mol. The van der Waals surface area contributed by atoms with Crippen LogP contribution in [0, 0.1) is 6.92 Å². The number of amides is 1. The number of hydrogen-bond donors (Lipinski definition) is 1. The molecule has 0 spiro atoms. The monoisotopic (exact) mass is 308 g/mol. The molecule has 3 nitrogen and oxygen atoms in total. The van der Waals surface area contributed by atoms with Crippen LogP contribution >= 0.6 is 24.0 Å². The highest BCUT2D eigenvalue weighted by molar-refractivity contribution is 8.23. The van der Waals surface area contributed by atoms with Crippen LogP contribution in [0.1, 0.15) is 24.0 Å². The van der Waals surface area contributed by atoms with Crippen LogP contribution in [0.25, 0.3) is 0 Å². The number of carbonyl (C=O) groups is 1. The van der Waals surface area contributed by atoms with Crippen molar-refractivity contribution in [2.24, 2.45) is 0 Å². The molecule has 5 heteroatoms. The Labute approximate surface area is 130 Å². The standard InChI is InChI=1S/C15H20N2OS2/c1-12-6-2-3-7-13(12)10-16-14(18)11-20-15(19)17-8-4-5-9-17/h2-3,6-7H,4-5,8-11H2,1H3,(H,16,18). The predicted molar refractivity (Wildman–Crippen MR) is 88.9 cm³/mol. The van der Waals surface area contributed by atoms with Gasteiger partial charge in [-0.2, -0.15) is 0 Å². The Morgan fingerprint density at radius 1 is 1.35 bits per heavy atom. The van der Waals surface area contributed by atoms with Gasteiger partial charge in [0.2, 0.25) is 5.91 Å². The van der Waals surface area contributed by atoms with Crippen molar-refractivity contribution < 1.29 is 4.79 Å². The molecule has 1 heterocycles. The van der Waals surface area contributed by atoms with Crippen molar-refractivity contribution >= 4 is 34.2 Å². The molecule has 1 saturated heterocycles. The summed E-state index contributed by atoms with van der Waals surface area (Å²) in [5.74, 6) is 0.445. The number of aryl methyl sites for hydroxylation is 1. The third kappa shape index (κ3) is 4.49. The Morgan fingerprint density at radius 2 is 2.05 bits per heavy atom. The Hall–Kier alpha value is -1.07. The number of likely N-dealkylation sites (tertiary alicyclic amines) is 1. The summed E-state index contributed by atoms with van der Waals surface area (Å²) in [6, 6.07) is 8.09. The van der Waals surface area contributed by atoms with Crippen LogP contribution in [0.5, 0.6) is 0 Å². The lowest BCUT2D eigenvalue weighted by molar-refractivity contribution is -0.118. The molecule has 0 atom stereocenters. The van der Waals surface area contributed by atoms with E-state index in [-0.39, 0.29) is 5.91 Å². The van der Waals surface area contributed by atoms with E-state index in [4.69, 9.17) is 12.2 Å². The first-order chi connectivity index (χ1) is 9.66. The fraction of sp³-hybridized carbons (Fsp3) is 0.467. The molecule has 1 N–H and O–H groups in total. The number of nitrogens with one attached hydrogen (secondary N) is 1. The van der Waals surface area contributed by atoms with Gasteiger partial charge in [-0.15, -0.1) is 0 Å². The highest BCUT2D eigenvalue weighted by atomic mass is 32.2. The molecule has 108 valence electrons. The lowest BCUT2D eigenvalue weighted by Crippen LogP contribution is -2.28. The summed E-state index contributed by atoms with van der Waals surface area (Å²) >= 11 is 6.81. The van der Waals surface area contributed by atoms with Crippen molar-refractivity contribution in [2.45, 2.75) is 26.3 Å². The topological polar surface area (TPSA) is 32.3 Å². The average Bonchev–Trinajstić information content (AvgIpc) is 2.98. The van der Waals surface area contributed by atoms with Gasteiger partial charge in [0.1, 0.15) is 4.32 Å². The van der Waals surface area contributed by atoms with Gasteiger partial charge in [-0.3, -0.25) is 4.79 Å². The van der Waals surface area contributed by atoms with Crippen molar-refractivity contribution in [3.8, 4) is 0 Å². The van der Waals surface area contributed by atoms with E-state index < -0.39 is 0 Å².